The number of carbonyl (C=O) groups is 1. The SMILES string of the molecule is CCOc1ccc(N(CCC#N)C(=O)c2cccc(OCc3csc(C)n3)c2)cc1. The Kier molecular flexibility index (Phi) is 7.41. The molecule has 2 aromatic carbocycles. The van der Waals surface area contributed by atoms with Gasteiger partial charge < -0.3 is 14.4 Å². The minimum absolute atomic E-state index is 0.190. The Labute approximate surface area is 180 Å². The van der Waals surface area contributed by atoms with E-state index in [1.165, 1.54) is 0 Å². The summed E-state index contributed by atoms with van der Waals surface area (Å²) in [6, 6.07) is 16.5. The normalized spacial score (nSPS) is 10.3. The first-order valence-electron chi connectivity index (χ1n) is 9.66. The van der Waals surface area contributed by atoms with Crippen molar-refractivity contribution in [1.82, 2.24) is 4.98 Å². The van der Waals surface area contributed by atoms with Crippen LogP contribution in [0.5, 0.6) is 11.5 Å². The van der Waals surface area contributed by atoms with Crippen molar-refractivity contribution in [2.45, 2.75) is 26.9 Å². The molecule has 0 saturated carbocycles. The van der Waals surface area contributed by atoms with Gasteiger partial charge >= 0.3 is 0 Å². The summed E-state index contributed by atoms with van der Waals surface area (Å²) in [4.78, 5) is 19.2. The number of hydrogen-bond acceptors (Lipinski definition) is 6. The zero-order chi connectivity index (χ0) is 21.3. The fourth-order valence-corrected chi connectivity index (χ4v) is 3.50. The van der Waals surface area contributed by atoms with Crippen LogP contribution in [-0.2, 0) is 6.61 Å². The summed E-state index contributed by atoms with van der Waals surface area (Å²) in [5, 5.41) is 12.0. The number of rotatable bonds is 9. The largest absolute Gasteiger partial charge is 0.494 e. The topological polar surface area (TPSA) is 75.5 Å². The lowest BCUT2D eigenvalue weighted by Gasteiger charge is -2.22. The van der Waals surface area contributed by atoms with Crippen molar-refractivity contribution < 1.29 is 14.3 Å². The van der Waals surface area contributed by atoms with Crippen LogP contribution in [0, 0.1) is 18.3 Å². The number of nitriles is 1. The van der Waals surface area contributed by atoms with E-state index in [9.17, 15) is 4.79 Å². The molecule has 1 amide bonds. The van der Waals surface area contributed by atoms with E-state index in [2.05, 4.69) is 11.1 Å². The van der Waals surface area contributed by atoms with Crippen molar-refractivity contribution in [3.8, 4) is 17.6 Å². The molecule has 0 fully saturated rings. The molecule has 0 unspecified atom stereocenters. The van der Waals surface area contributed by atoms with Gasteiger partial charge in [-0.2, -0.15) is 5.26 Å². The molecule has 3 rings (SSSR count). The number of thiazole rings is 1. The van der Waals surface area contributed by atoms with Crippen LogP contribution in [-0.4, -0.2) is 24.0 Å². The van der Waals surface area contributed by atoms with Crippen molar-refractivity contribution in [3.05, 3.63) is 70.2 Å². The molecule has 3 aromatic rings. The molecule has 0 spiro atoms. The monoisotopic (exact) mass is 421 g/mol. The van der Waals surface area contributed by atoms with E-state index in [1.807, 2.05) is 49.6 Å². The number of aryl methyl sites for hydroxylation is 1. The Balaban J connectivity index is 1.77. The molecule has 1 heterocycles. The lowest BCUT2D eigenvalue weighted by Crippen LogP contribution is -2.31. The molecule has 0 aliphatic heterocycles. The molecule has 0 atom stereocenters. The van der Waals surface area contributed by atoms with E-state index >= 15 is 0 Å². The number of amides is 1. The minimum Gasteiger partial charge on any atom is -0.494 e. The first kappa shape index (κ1) is 21.3. The van der Waals surface area contributed by atoms with E-state index in [-0.39, 0.29) is 12.3 Å². The number of benzene rings is 2. The van der Waals surface area contributed by atoms with E-state index in [0.29, 0.717) is 36.8 Å². The van der Waals surface area contributed by atoms with Gasteiger partial charge in [-0.3, -0.25) is 4.79 Å². The van der Waals surface area contributed by atoms with Gasteiger partial charge in [-0.25, -0.2) is 4.98 Å². The van der Waals surface area contributed by atoms with Gasteiger partial charge in [-0.15, -0.1) is 11.3 Å². The Bertz CT molecular complexity index is 1020. The first-order valence-corrected chi connectivity index (χ1v) is 10.5. The van der Waals surface area contributed by atoms with Crippen LogP contribution in [0.3, 0.4) is 0 Å². The molecule has 30 heavy (non-hydrogen) atoms. The average molecular weight is 422 g/mol. The molecular formula is C23H23N3O3S. The Hall–Kier alpha value is -3.37. The summed E-state index contributed by atoms with van der Waals surface area (Å²) >= 11 is 1.57. The van der Waals surface area contributed by atoms with Gasteiger partial charge in [0.15, 0.2) is 0 Å². The number of carbonyl (C=O) groups excluding carboxylic acids is 1. The third-order valence-electron chi connectivity index (χ3n) is 4.29. The van der Waals surface area contributed by atoms with Gasteiger partial charge in [0.25, 0.3) is 5.91 Å². The van der Waals surface area contributed by atoms with Gasteiger partial charge in [-0.05, 0) is 56.3 Å². The second-order valence-corrected chi connectivity index (χ2v) is 7.53. The van der Waals surface area contributed by atoms with Gasteiger partial charge in [0.1, 0.15) is 18.1 Å². The highest BCUT2D eigenvalue weighted by atomic mass is 32.1. The van der Waals surface area contributed by atoms with Crippen molar-refractivity contribution in [2.24, 2.45) is 0 Å². The summed E-state index contributed by atoms with van der Waals surface area (Å²) in [7, 11) is 0. The molecule has 154 valence electrons. The summed E-state index contributed by atoms with van der Waals surface area (Å²) in [6.45, 7) is 5.08. The van der Waals surface area contributed by atoms with Crippen molar-refractivity contribution in [3.63, 3.8) is 0 Å². The second kappa shape index (κ2) is 10.4. The molecule has 0 radical (unpaired) electrons. The third kappa shape index (κ3) is 5.58. The highest BCUT2D eigenvalue weighted by molar-refractivity contribution is 7.09. The number of aromatic nitrogens is 1. The average Bonchev–Trinajstić information content (AvgIpc) is 3.19. The summed E-state index contributed by atoms with van der Waals surface area (Å²) in [5.74, 6) is 1.14. The summed E-state index contributed by atoms with van der Waals surface area (Å²) in [5.41, 5.74) is 2.07. The zero-order valence-electron chi connectivity index (χ0n) is 17.0. The van der Waals surface area contributed by atoms with Crippen molar-refractivity contribution in [1.29, 1.82) is 5.26 Å². The van der Waals surface area contributed by atoms with Crippen molar-refractivity contribution in [2.75, 3.05) is 18.1 Å². The molecule has 1 aromatic heterocycles. The molecular weight excluding hydrogens is 398 g/mol. The summed E-state index contributed by atoms with van der Waals surface area (Å²) < 4.78 is 11.3. The first-order chi connectivity index (χ1) is 14.6. The highest BCUT2D eigenvalue weighted by Gasteiger charge is 2.18. The lowest BCUT2D eigenvalue weighted by molar-refractivity contribution is 0.0987. The van der Waals surface area contributed by atoms with E-state index in [0.717, 1.165) is 16.5 Å². The predicted octanol–water partition coefficient (Wildman–Crippen LogP) is 4.99. The Morgan fingerprint density at radius 2 is 1.97 bits per heavy atom. The van der Waals surface area contributed by atoms with E-state index < -0.39 is 0 Å². The molecule has 0 N–H and O–H groups in total. The van der Waals surface area contributed by atoms with Crippen LogP contribution < -0.4 is 14.4 Å². The number of anilines is 1. The standard InChI is InChI=1S/C23H23N3O3S/c1-3-28-21-10-8-20(9-11-21)26(13-5-12-24)23(27)18-6-4-7-22(14-18)29-15-19-16-30-17(2)25-19/h4,6-11,14,16H,3,5,13,15H2,1-2H3. The lowest BCUT2D eigenvalue weighted by atomic mass is 10.1. The second-order valence-electron chi connectivity index (χ2n) is 6.47. The van der Waals surface area contributed by atoms with Crippen LogP contribution in [0.25, 0.3) is 0 Å². The van der Waals surface area contributed by atoms with Crippen LogP contribution >= 0.6 is 11.3 Å². The predicted molar refractivity (Wildman–Crippen MR) is 117 cm³/mol. The molecule has 0 aliphatic carbocycles. The smallest absolute Gasteiger partial charge is 0.258 e. The fraction of sp³-hybridized carbons (Fsp3) is 0.261. The maximum Gasteiger partial charge on any atom is 0.258 e. The minimum atomic E-state index is -0.190. The fourth-order valence-electron chi connectivity index (χ4n) is 2.91. The van der Waals surface area contributed by atoms with Crippen LogP contribution in [0.4, 0.5) is 5.69 Å². The van der Waals surface area contributed by atoms with Gasteiger partial charge in [-0.1, -0.05) is 6.07 Å². The van der Waals surface area contributed by atoms with Gasteiger partial charge in [0.05, 0.1) is 29.8 Å². The Morgan fingerprint density at radius 1 is 1.17 bits per heavy atom. The van der Waals surface area contributed by atoms with Gasteiger partial charge in [0.2, 0.25) is 0 Å². The highest BCUT2D eigenvalue weighted by Crippen LogP contribution is 2.23. The van der Waals surface area contributed by atoms with E-state index in [4.69, 9.17) is 14.7 Å². The molecule has 0 bridgehead atoms. The van der Waals surface area contributed by atoms with E-state index in [1.54, 1.807) is 34.4 Å². The molecule has 7 heteroatoms. The number of hydrogen-bond donors (Lipinski definition) is 0. The third-order valence-corrected chi connectivity index (χ3v) is 5.11. The van der Waals surface area contributed by atoms with Gasteiger partial charge in [0, 0.05) is 23.2 Å². The Morgan fingerprint density at radius 3 is 2.63 bits per heavy atom. The maximum absolute atomic E-state index is 13.2. The summed E-state index contributed by atoms with van der Waals surface area (Å²) in [6.07, 6.45) is 0.234. The van der Waals surface area contributed by atoms with Crippen LogP contribution in [0.1, 0.15) is 34.4 Å². The molecule has 0 saturated heterocycles. The van der Waals surface area contributed by atoms with Crippen LogP contribution in [0.2, 0.25) is 0 Å². The van der Waals surface area contributed by atoms with Crippen LogP contribution in [0.15, 0.2) is 53.9 Å². The number of nitrogens with zero attached hydrogens (tertiary/aromatic N) is 3. The molecule has 0 aliphatic rings. The van der Waals surface area contributed by atoms with Crippen molar-refractivity contribution >= 4 is 22.9 Å². The number of ether oxygens (including phenoxy) is 2. The molecule has 6 nitrogen and oxygen atoms in total. The maximum atomic E-state index is 13.2. The zero-order valence-corrected chi connectivity index (χ0v) is 17.8. The quantitative estimate of drug-likeness (QED) is 0.486.